The van der Waals surface area contributed by atoms with E-state index in [-0.39, 0.29) is 5.41 Å². The van der Waals surface area contributed by atoms with Crippen LogP contribution in [0.5, 0.6) is 5.75 Å². The summed E-state index contributed by atoms with van der Waals surface area (Å²) >= 11 is 0. The van der Waals surface area contributed by atoms with Crippen LogP contribution in [0.2, 0.25) is 0 Å². The number of hydrogen-bond donors (Lipinski definition) is 0. The summed E-state index contributed by atoms with van der Waals surface area (Å²) in [5, 5.41) is 0. The average Bonchev–Trinajstić information content (AvgIpc) is 2.70. The van der Waals surface area contributed by atoms with E-state index in [1.807, 2.05) is 12.1 Å². The number of piperidine rings is 1. The maximum Gasteiger partial charge on any atom is 0.225 e. The van der Waals surface area contributed by atoms with Crippen molar-refractivity contribution in [3.63, 3.8) is 0 Å². The van der Waals surface area contributed by atoms with E-state index in [0.29, 0.717) is 18.5 Å². The van der Waals surface area contributed by atoms with Crippen molar-refractivity contribution in [3.8, 4) is 5.75 Å². The summed E-state index contributed by atoms with van der Waals surface area (Å²) in [6, 6.07) is 3.81. The van der Waals surface area contributed by atoms with Gasteiger partial charge in [0, 0.05) is 31.8 Å². The van der Waals surface area contributed by atoms with Gasteiger partial charge in [0.05, 0.1) is 31.8 Å². The summed E-state index contributed by atoms with van der Waals surface area (Å²) in [4.78, 5) is 14.5. The first-order valence-electron chi connectivity index (χ1n) is 9.08. The molecule has 1 atom stereocenters. The van der Waals surface area contributed by atoms with Crippen molar-refractivity contribution in [2.24, 2.45) is 11.3 Å². The summed E-state index contributed by atoms with van der Waals surface area (Å²) in [7, 11) is 0. The summed E-state index contributed by atoms with van der Waals surface area (Å²) in [6.07, 6.45) is 9.07. The fourth-order valence-corrected chi connectivity index (χ4v) is 4.02. The number of hydrogen-bond acceptors (Lipinski definition) is 6. The van der Waals surface area contributed by atoms with Crippen LogP contribution < -0.4 is 9.64 Å². The van der Waals surface area contributed by atoms with Crippen LogP contribution in [-0.2, 0) is 4.74 Å². The van der Waals surface area contributed by atoms with Crippen molar-refractivity contribution in [2.75, 3.05) is 37.8 Å². The second kappa shape index (κ2) is 7.53. The minimum atomic E-state index is -0.403. The Morgan fingerprint density at radius 3 is 2.73 bits per heavy atom. The predicted molar refractivity (Wildman–Crippen MR) is 94.5 cm³/mol. The van der Waals surface area contributed by atoms with Gasteiger partial charge in [-0.2, -0.15) is 0 Å². The van der Waals surface area contributed by atoms with E-state index < -0.39 is 5.82 Å². The van der Waals surface area contributed by atoms with Crippen LogP contribution in [0.4, 0.5) is 10.3 Å². The number of halogens is 1. The molecule has 0 aliphatic carbocycles. The molecule has 4 rings (SSSR count). The number of aromatic nitrogens is 3. The van der Waals surface area contributed by atoms with Gasteiger partial charge >= 0.3 is 0 Å². The van der Waals surface area contributed by atoms with Crippen LogP contribution in [-0.4, -0.2) is 47.9 Å². The molecule has 0 saturated carbocycles. The fraction of sp³-hybridized carbons (Fsp3) is 0.526. The first-order valence-corrected chi connectivity index (χ1v) is 9.08. The minimum Gasteiger partial charge on any atom is -0.492 e. The molecule has 0 radical (unpaired) electrons. The quantitative estimate of drug-likeness (QED) is 0.838. The van der Waals surface area contributed by atoms with Gasteiger partial charge in [-0.1, -0.05) is 0 Å². The molecule has 4 heterocycles. The van der Waals surface area contributed by atoms with Crippen molar-refractivity contribution in [1.82, 2.24) is 15.0 Å². The van der Waals surface area contributed by atoms with Gasteiger partial charge < -0.3 is 14.4 Å². The number of rotatable bonds is 4. The Balaban J connectivity index is 1.40. The van der Waals surface area contributed by atoms with Crippen molar-refractivity contribution in [1.29, 1.82) is 0 Å². The van der Waals surface area contributed by atoms with Crippen LogP contribution in [0.15, 0.2) is 36.9 Å². The Hall–Kier alpha value is -2.28. The van der Waals surface area contributed by atoms with Crippen molar-refractivity contribution >= 4 is 5.95 Å². The third-order valence-electron chi connectivity index (χ3n) is 5.66. The highest BCUT2D eigenvalue weighted by Crippen LogP contribution is 2.45. The largest absolute Gasteiger partial charge is 0.492 e. The lowest BCUT2D eigenvalue weighted by molar-refractivity contribution is -0.0697. The van der Waals surface area contributed by atoms with Crippen molar-refractivity contribution < 1.29 is 13.9 Å². The Morgan fingerprint density at radius 2 is 2.00 bits per heavy atom. The Kier molecular flexibility index (Phi) is 4.97. The second-order valence-electron chi connectivity index (χ2n) is 7.07. The molecule has 26 heavy (non-hydrogen) atoms. The molecular weight excluding hydrogens is 335 g/mol. The molecule has 0 amide bonds. The predicted octanol–water partition coefficient (Wildman–Crippen LogP) is 2.71. The molecule has 2 aromatic heterocycles. The Morgan fingerprint density at radius 1 is 1.19 bits per heavy atom. The van der Waals surface area contributed by atoms with E-state index in [9.17, 15) is 4.39 Å². The lowest BCUT2D eigenvalue weighted by Crippen LogP contribution is -2.50. The molecule has 2 aliphatic rings. The van der Waals surface area contributed by atoms with Gasteiger partial charge in [0.1, 0.15) is 5.75 Å². The summed E-state index contributed by atoms with van der Waals surface area (Å²) in [5.41, 5.74) is 0.219. The molecule has 0 N–H and O–H groups in total. The van der Waals surface area contributed by atoms with E-state index in [1.54, 1.807) is 12.4 Å². The number of ether oxygens (including phenoxy) is 2. The molecule has 7 heteroatoms. The van der Waals surface area contributed by atoms with E-state index >= 15 is 0 Å². The molecule has 2 fully saturated rings. The molecule has 2 aliphatic heterocycles. The zero-order chi connectivity index (χ0) is 17.8. The number of anilines is 1. The van der Waals surface area contributed by atoms with Gasteiger partial charge in [-0.05, 0) is 36.8 Å². The highest BCUT2D eigenvalue weighted by molar-refractivity contribution is 5.30. The van der Waals surface area contributed by atoms with Crippen molar-refractivity contribution in [2.45, 2.75) is 19.3 Å². The Labute approximate surface area is 152 Å². The van der Waals surface area contributed by atoms with E-state index in [0.717, 1.165) is 51.3 Å². The third-order valence-corrected chi connectivity index (χ3v) is 5.66. The minimum absolute atomic E-state index is 0.219. The van der Waals surface area contributed by atoms with E-state index in [2.05, 4.69) is 19.9 Å². The highest BCUT2D eigenvalue weighted by Gasteiger charge is 2.44. The lowest BCUT2D eigenvalue weighted by Gasteiger charge is -2.48. The molecule has 0 aromatic carbocycles. The SMILES string of the molecule is Fc1cnc(N2CCC3(CCOC[C@@H]3COc3cccnc3)CC2)nc1. The van der Waals surface area contributed by atoms with E-state index in [1.165, 1.54) is 12.4 Å². The standard InChI is InChI=1S/C19H23FN4O2/c20-16-10-22-18(23-11-16)24-7-3-19(4-8-24)5-9-25-13-15(19)14-26-17-2-1-6-21-12-17/h1-2,6,10-12,15H,3-5,7-9,13-14H2/t15-/m1/s1. The van der Waals surface area contributed by atoms with Gasteiger partial charge in [-0.25, -0.2) is 14.4 Å². The molecule has 2 saturated heterocycles. The highest BCUT2D eigenvalue weighted by atomic mass is 19.1. The Bertz CT molecular complexity index is 705. The first kappa shape index (κ1) is 17.1. The summed E-state index contributed by atoms with van der Waals surface area (Å²) in [6.45, 7) is 3.91. The van der Waals surface area contributed by atoms with Crippen LogP contribution in [0.25, 0.3) is 0 Å². The summed E-state index contributed by atoms with van der Waals surface area (Å²) < 4.78 is 24.8. The van der Waals surface area contributed by atoms with Crippen molar-refractivity contribution in [3.05, 3.63) is 42.7 Å². The van der Waals surface area contributed by atoms with Crippen LogP contribution in [0, 0.1) is 17.2 Å². The number of nitrogens with zero attached hydrogens (tertiary/aromatic N) is 4. The molecule has 6 nitrogen and oxygen atoms in total. The monoisotopic (exact) mass is 358 g/mol. The maximum atomic E-state index is 13.0. The smallest absolute Gasteiger partial charge is 0.225 e. The summed E-state index contributed by atoms with van der Waals surface area (Å²) in [5.74, 6) is 1.36. The molecule has 2 aromatic rings. The van der Waals surface area contributed by atoms with Gasteiger partial charge in [0.25, 0.3) is 0 Å². The van der Waals surface area contributed by atoms with Gasteiger partial charge in [0.2, 0.25) is 5.95 Å². The molecule has 0 unspecified atom stereocenters. The first-order chi connectivity index (χ1) is 12.8. The maximum absolute atomic E-state index is 13.0. The van der Waals surface area contributed by atoms with Gasteiger partial charge in [-0.3, -0.25) is 4.98 Å². The zero-order valence-corrected chi connectivity index (χ0v) is 14.7. The number of pyridine rings is 1. The average molecular weight is 358 g/mol. The fourth-order valence-electron chi connectivity index (χ4n) is 4.02. The third kappa shape index (κ3) is 3.62. The normalized spacial score (nSPS) is 22.3. The van der Waals surface area contributed by atoms with Crippen LogP contribution >= 0.6 is 0 Å². The zero-order valence-electron chi connectivity index (χ0n) is 14.7. The molecule has 0 bridgehead atoms. The van der Waals surface area contributed by atoms with Crippen LogP contribution in [0.1, 0.15) is 19.3 Å². The molecule has 1 spiro atoms. The molecule has 138 valence electrons. The molecular formula is C19H23FN4O2. The van der Waals surface area contributed by atoms with Crippen LogP contribution in [0.3, 0.4) is 0 Å². The van der Waals surface area contributed by atoms with Gasteiger partial charge in [-0.15, -0.1) is 0 Å². The van der Waals surface area contributed by atoms with Gasteiger partial charge in [0.15, 0.2) is 5.82 Å². The topological polar surface area (TPSA) is 60.4 Å². The lowest BCUT2D eigenvalue weighted by atomic mass is 9.66. The van der Waals surface area contributed by atoms with E-state index in [4.69, 9.17) is 9.47 Å². The second-order valence-corrected chi connectivity index (χ2v) is 7.07.